The van der Waals surface area contributed by atoms with Gasteiger partial charge < -0.3 is 4.90 Å². The molecule has 7 heteroatoms. The third kappa shape index (κ3) is 2.45. The Morgan fingerprint density at radius 1 is 1.50 bits per heavy atom. The van der Waals surface area contributed by atoms with Crippen molar-refractivity contribution in [1.82, 2.24) is 24.3 Å². The summed E-state index contributed by atoms with van der Waals surface area (Å²) in [6, 6.07) is 2.04. The van der Waals surface area contributed by atoms with Gasteiger partial charge in [-0.25, -0.2) is 0 Å². The van der Waals surface area contributed by atoms with Crippen molar-refractivity contribution in [2.24, 2.45) is 7.05 Å². The second-order valence-corrected chi connectivity index (χ2v) is 5.95. The molecule has 2 aromatic heterocycles. The van der Waals surface area contributed by atoms with Crippen LogP contribution >= 0.6 is 11.5 Å². The number of hydrogen-bond donors (Lipinski definition) is 0. The van der Waals surface area contributed by atoms with Crippen molar-refractivity contribution in [3.63, 3.8) is 0 Å². The third-order valence-corrected chi connectivity index (χ3v) is 4.52. The van der Waals surface area contributed by atoms with Crippen LogP contribution in [0.1, 0.15) is 39.8 Å². The molecule has 1 amide bonds. The van der Waals surface area contributed by atoms with Crippen molar-refractivity contribution in [1.29, 1.82) is 0 Å². The Hall–Kier alpha value is -1.76. The van der Waals surface area contributed by atoms with Gasteiger partial charge in [0.05, 0.1) is 11.4 Å². The van der Waals surface area contributed by atoms with E-state index in [9.17, 15) is 4.79 Å². The highest BCUT2D eigenvalue weighted by molar-refractivity contribution is 7.07. The van der Waals surface area contributed by atoms with Gasteiger partial charge in [0.25, 0.3) is 5.91 Å². The molecule has 1 aliphatic rings. The van der Waals surface area contributed by atoms with E-state index in [4.69, 9.17) is 0 Å². The summed E-state index contributed by atoms with van der Waals surface area (Å²) < 4.78 is 5.66. The predicted molar refractivity (Wildman–Crippen MR) is 75.7 cm³/mol. The van der Waals surface area contributed by atoms with E-state index in [-0.39, 0.29) is 5.91 Å². The van der Waals surface area contributed by atoms with Crippen molar-refractivity contribution in [3.05, 3.63) is 28.5 Å². The first-order chi connectivity index (χ1) is 9.65. The number of aromatic nitrogens is 4. The quantitative estimate of drug-likeness (QED) is 0.843. The maximum absolute atomic E-state index is 12.5. The van der Waals surface area contributed by atoms with Gasteiger partial charge in [-0.2, -0.15) is 5.10 Å². The lowest BCUT2D eigenvalue weighted by atomic mass is 9.95. The highest BCUT2D eigenvalue weighted by Gasteiger charge is 2.28. The summed E-state index contributed by atoms with van der Waals surface area (Å²) in [7, 11) is 1.92. The first-order valence-electron chi connectivity index (χ1n) is 6.73. The van der Waals surface area contributed by atoms with Gasteiger partial charge in [0, 0.05) is 32.3 Å². The third-order valence-electron chi connectivity index (χ3n) is 3.71. The van der Waals surface area contributed by atoms with Crippen LogP contribution in [0.5, 0.6) is 0 Å². The van der Waals surface area contributed by atoms with E-state index in [1.165, 1.54) is 11.5 Å². The van der Waals surface area contributed by atoms with Crippen LogP contribution in [-0.4, -0.2) is 43.3 Å². The monoisotopic (exact) mass is 291 g/mol. The van der Waals surface area contributed by atoms with Crippen LogP contribution in [0.3, 0.4) is 0 Å². The molecule has 1 saturated heterocycles. The molecule has 0 spiro atoms. The maximum atomic E-state index is 12.5. The minimum atomic E-state index is 0.0538. The molecule has 0 bridgehead atoms. The van der Waals surface area contributed by atoms with Gasteiger partial charge in [-0.15, -0.1) is 5.10 Å². The second-order valence-electron chi connectivity index (χ2n) is 5.19. The zero-order chi connectivity index (χ0) is 14.1. The Balaban J connectivity index is 1.75. The molecule has 0 aromatic carbocycles. The molecule has 6 nitrogen and oxygen atoms in total. The number of likely N-dealkylation sites (tertiary alicyclic amines) is 1. The molecule has 3 heterocycles. The van der Waals surface area contributed by atoms with E-state index < -0.39 is 0 Å². The molecule has 2 aromatic rings. The van der Waals surface area contributed by atoms with E-state index in [1.54, 1.807) is 0 Å². The molecule has 1 aliphatic heterocycles. The van der Waals surface area contributed by atoms with Crippen LogP contribution in [-0.2, 0) is 7.05 Å². The summed E-state index contributed by atoms with van der Waals surface area (Å²) in [6.07, 6.45) is 4.05. The zero-order valence-corrected chi connectivity index (χ0v) is 12.4. The molecular formula is C13H17N5OS. The summed E-state index contributed by atoms with van der Waals surface area (Å²) >= 11 is 1.18. The Morgan fingerprint density at radius 2 is 2.35 bits per heavy atom. The highest BCUT2D eigenvalue weighted by Crippen LogP contribution is 2.27. The number of rotatable bonds is 2. The smallest absolute Gasteiger partial charge is 0.267 e. The van der Waals surface area contributed by atoms with Gasteiger partial charge >= 0.3 is 0 Å². The minimum Gasteiger partial charge on any atom is -0.337 e. The van der Waals surface area contributed by atoms with Crippen LogP contribution in [0.15, 0.2) is 12.3 Å². The van der Waals surface area contributed by atoms with E-state index in [0.29, 0.717) is 10.8 Å². The average molecular weight is 291 g/mol. The first kappa shape index (κ1) is 13.2. The van der Waals surface area contributed by atoms with Gasteiger partial charge in [0.15, 0.2) is 0 Å². The van der Waals surface area contributed by atoms with Gasteiger partial charge in [-0.1, -0.05) is 4.49 Å². The topological polar surface area (TPSA) is 63.9 Å². The fourth-order valence-electron chi connectivity index (χ4n) is 2.63. The Labute approximate surface area is 121 Å². The van der Waals surface area contributed by atoms with Crippen LogP contribution in [0.2, 0.25) is 0 Å². The first-order valence-corrected chi connectivity index (χ1v) is 7.50. The summed E-state index contributed by atoms with van der Waals surface area (Å²) in [5, 5.41) is 8.38. The molecular weight excluding hydrogens is 274 g/mol. The number of amides is 1. The normalized spacial score (nSPS) is 19.3. The van der Waals surface area contributed by atoms with Crippen molar-refractivity contribution >= 4 is 17.4 Å². The highest BCUT2D eigenvalue weighted by atomic mass is 32.1. The molecule has 3 rings (SSSR count). The van der Waals surface area contributed by atoms with E-state index in [2.05, 4.69) is 14.7 Å². The van der Waals surface area contributed by atoms with Crippen LogP contribution in [0.25, 0.3) is 0 Å². The van der Waals surface area contributed by atoms with Gasteiger partial charge in [0.1, 0.15) is 4.88 Å². The summed E-state index contributed by atoms with van der Waals surface area (Å²) in [6.45, 7) is 3.36. The minimum absolute atomic E-state index is 0.0538. The molecule has 0 N–H and O–H groups in total. The molecule has 0 unspecified atom stereocenters. The lowest BCUT2D eigenvalue weighted by Gasteiger charge is -2.31. The number of nitrogens with zero attached hydrogens (tertiary/aromatic N) is 5. The Kier molecular flexibility index (Phi) is 3.52. The van der Waals surface area contributed by atoms with Gasteiger partial charge in [0.2, 0.25) is 0 Å². The molecule has 0 saturated carbocycles. The fourth-order valence-corrected chi connectivity index (χ4v) is 3.25. The summed E-state index contributed by atoms with van der Waals surface area (Å²) in [5.74, 6) is 0.383. The zero-order valence-electron chi connectivity index (χ0n) is 11.6. The molecule has 1 fully saturated rings. The predicted octanol–water partition coefficient (Wildman–Crippen LogP) is 1.60. The lowest BCUT2D eigenvalue weighted by Crippen LogP contribution is -2.39. The number of hydrogen-bond acceptors (Lipinski definition) is 5. The lowest BCUT2D eigenvalue weighted by molar-refractivity contribution is 0.0709. The molecule has 20 heavy (non-hydrogen) atoms. The molecule has 0 radical (unpaired) electrons. The fraction of sp³-hybridized carbons (Fsp3) is 0.538. The van der Waals surface area contributed by atoms with Crippen LogP contribution in [0, 0.1) is 6.92 Å². The van der Waals surface area contributed by atoms with Crippen LogP contribution in [0.4, 0.5) is 0 Å². The molecule has 0 aliphatic carbocycles. The maximum Gasteiger partial charge on any atom is 0.267 e. The largest absolute Gasteiger partial charge is 0.337 e. The van der Waals surface area contributed by atoms with Crippen molar-refractivity contribution in [2.75, 3.05) is 13.1 Å². The van der Waals surface area contributed by atoms with E-state index >= 15 is 0 Å². The van der Waals surface area contributed by atoms with E-state index in [0.717, 1.165) is 37.3 Å². The summed E-state index contributed by atoms with van der Waals surface area (Å²) in [5.41, 5.74) is 1.80. The van der Waals surface area contributed by atoms with Gasteiger partial charge in [-0.3, -0.25) is 9.48 Å². The Morgan fingerprint density at radius 3 is 3.00 bits per heavy atom. The Bertz CT molecular complexity index is 620. The molecule has 106 valence electrons. The summed E-state index contributed by atoms with van der Waals surface area (Å²) in [4.78, 5) is 15.1. The second kappa shape index (κ2) is 5.32. The van der Waals surface area contributed by atoms with Crippen molar-refractivity contribution in [2.45, 2.75) is 25.7 Å². The number of aryl methyl sites for hydroxylation is 2. The van der Waals surface area contributed by atoms with Crippen LogP contribution < -0.4 is 0 Å². The molecule has 1 atom stereocenters. The number of carbonyl (C=O) groups is 1. The standard InChI is InChI=1S/C13H17N5OS/c1-9-12(20-16-14-9)13(19)18-6-3-4-10(8-18)11-5-7-17(2)15-11/h5,7,10H,3-4,6,8H2,1-2H3/t10-/m0/s1. The van der Waals surface area contributed by atoms with Crippen molar-refractivity contribution in [3.8, 4) is 0 Å². The number of carbonyl (C=O) groups excluding carboxylic acids is 1. The average Bonchev–Trinajstić information content (AvgIpc) is 3.07. The number of piperidine rings is 1. The van der Waals surface area contributed by atoms with Gasteiger partial charge in [-0.05, 0) is 37.4 Å². The SMILES string of the molecule is Cc1nnsc1C(=O)N1CCC[C@H](c2ccn(C)n2)C1. The van der Waals surface area contributed by atoms with Crippen molar-refractivity contribution < 1.29 is 4.79 Å². The van der Waals surface area contributed by atoms with E-state index in [1.807, 2.05) is 35.8 Å².